The normalized spacial score (nSPS) is 19.3. The number of aromatic nitrogens is 2. The van der Waals surface area contributed by atoms with Crippen LogP contribution in [0.5, 0.6) is 0 Å². The predicted octanol–water partition coefficient (Wildman–Crippen LogP) is 7.59. The molecule has 1 aliphatic heterocycles. The average molecular weight is 667 g/mol. The molecular weight excluding hydrogens is 629 g/mol. The van der Waals surface area contributed by atoms with Gasteiger partial charge in [-0.1, -0.05) is 133 Å². The van der Waals surface area contributed by atoms with Crippen molar-refractivity contribution in [2.75, 3.05) is 5.75 Å². The summed E-state index contributed by atoms with van der Waals surface area (Å²) in [5.41, 5.74) is 6.99. The molecule has 0 radical (unpaired) electrons. The number of rotatable bonds is 11. The van der Waals surface area contributed by atoms with E-state index in [2.05, 4.69) is 58.1 Å². The van der Waals surface area contributed by atoms with Crippen molar-refractivity contribution >= 4 is 29.1 Å². The third-order valence-corrected chi connectivity index (χ3v) is 10.3. The SMILES string of the molecule is Cc1nnc(SCC2OC(c3ccc(-c4ccccc4CNC(=O)NCc4ccccc4)cc3)OC(c3ccc(CO)cc3)C2C)s1. The topological polar surface area (TPSA) is 106 Å². The highest BCUT2D eigenvalue weighted by molar-refractivity contribution is 8.01. The summed E-state index contributed by atoms with van der Waals surface area (Å²) in [5.74, 6) is 0.800. The Bertz CT molecular complexity index is 1750. The van der Waals surface area contributed by atoms with Crippen molar-refractivity contribution in [3.05, 3.63) is 136 Å². The van der Waals surface area contributed by atoms with E-state index >= 15 is 0 Å². The molecule has 1 saturated heterocycles. The van der Waals surface area contributed by atoms with Crippen molar-refractivity contribution in [2.45, 2.75) is 56.4 Å². The zero-order valence-corrected chi connectivity index (χ0v) is 28.0. The van der Waals surface area contributed by atoms with E-state index in [1.807, 2.05) is 79.7 Å². The van der Waals surface area contributed by atoms with Gasteiger partial charge in [-0.25, -0.2) is 4.79 Å². The number of ether oxygens (including phenoxy) is 2. The first-order chi connectivity index (χ1) is 23.0. The van der Waals surface area contributed by atoms with Gasteiger partial charge in [0.2, 0.25) is 0 Å². The number of aliphatic hydroxyl groups is 1. The van der Waals surface area contributed by atoms with Crippen LogP contribution in [0.15, 0.2) is 107 Å². The number of carbonyl (C=O) groups is 1. The Morgan fingerprint density at radius 1 is 0.830 bits per heavy atom. The van der Waals surface area contributed by atoms with Crippen molar-refractivity contribution < 1.29 is 19.4 Å². The van der Waals surface area contributed by atoms with Gasteiger partial charge in [0.15, 0.2) is 10.6 Å². The summed E-state index contributed by atoms with van der Waals surface area (Å²) in [6.45, 7) is 4.99. The van der Waals surface area contributed by atoms with E-state index in [9.17, 15) is 9.90 Å². The molecule has 8 nitrogen and oxygen atoms in total. The van der Waals surface area contributed by atoms with Gasteiger partial charge in [0.1, 0.15) is 5.01 Å². The lowest BCUT2D eigenvalue weighted by Gasteiger charge is -2.41. The molecule has 2 amide bonds. The zero-order valence-electron chi connectivity index (χ0n) is 26.3. The second kappa shape index (κ2) is 15.7. The molecule has 242 valence electrons. The minimum Gasteiger partial charge on any atom is -0.392 e. The molecule has 4 unspecified atom stereocenters. The number of nitrogens with zero attached hydrogens (tertiary/aromatic N) is 2. The number of nitrogens with one attached hydrogen (secondary N) is 2. The Hall–Kier alpha value is -4.06. The number of hydrogen-bond acceptors (Lipinski definition) is 8. The smallest absolute Gasteiger partial charge is 0.315 e. The molecule has 6 rings (SSSR count). The molecule has 4 aromatic carbocycles. The van der Waals surface area contributed by atoms with E-state index in [4.69, 9.17) is 9.47 Å². The van der Waals surface area contributed by atoms with Gasteiger partial charge in [-0.15, -0.1) is 10.2 Å². The monoisotopic (exact) mass is 666 g/mol. The minimum absolute atomic E-state index is 0.000615. The van der Waals surface area contributed by atoms with Gasteiger partial charge in [-0.3, -0.25) is 0 Å². The molecule has 1 aliphatic rings. The highest BCUT2D eigenvalue weighted by atomic mass is 32.2. The average Bonchev–Trinajstić information content (AvgIpc) is 3.54. The summed E-state index contributed by atoms with van der Waals surface area (Å²) in [7, 11) is 0. The quantitative estimate of drug-likeness (QED) is 0.125. The lowest BCUT2D eigenvalue weighted by Crippen LogP contribution is -2.38. The zero-order chi connectivity index (χ0) is 32.6. The third-order valence-electron chi connectivity index (χ3n) is 8.25. The number of thioether (sulfide) groups is 1. The van der Waals surface area contributed by atoms with E-state index in [0.717, 1.165) is 54.0 Å². The number of urea groups is 1. The largest absolute Gasteiger partial charge is 0.392 e. The number of carbonyl (C=O) groups excluding carboxylic acids is 1. The molecule has 4 atom stereocenters. The third kappa shape index (κ3) is 8.46. The van der Waals surface area contributed by atoms with Crippen LogP contribution in [0.2, 0.25) is 0 Å². The predicted molar refractivity (Wildman–Crippen MR) is 186 cm³/mol. The van der Waals surface area contributed by atoms with Crippen LogP contribution in [0, 0.1) is 12.8 Å². The van der Waals surface area contributed by atoms with Gasteiger partial charge >= 0.3 is 6.03 Å². The maximum atomic E-state index is 12.5. The summed E-state index contributed by atoms with van der Waals surface area (Å²) in [6, 6.07) is 33.9. The molecule has 0 spiro atoms. The molecule has 0 aliphatic carbocycles. The van der Waals surface area contributed by atoms with Crippen LogP contribution in [-0.2, 0) is 29.2 Å². The molecule has 10 heteroatoms. The highest BCUT2D eigenvalue weighted by Crippen LogP contribution is 2.43. The van der Waals surface area contributed by atoms with Crippen molar-refractivity contribution in [1.29, 1.82) is 0 Å². The summed E-state index contributed by atoms with van der Waals surface area (Å²) >= 11 is 3.25. The molecule has 1 aromatic heterocycles. The number of hydrogen-bond donors (Lipinski definition) is 3. The van der Waals surface area contributed by atoms with E-state index in [1.54, 1.807) is 23.1 Å². The lowest BCUT2D eigenvalue weighted by molar-refractivity contribution is -0.268. The van der Waals surface area contributed by atoms with Crippen LogP contribution < -0.4 is 10.6 Å². The number of aryl methyl sites for hydroxylation is 1. The van der Waals surface area contributed by atoms with Crippen LogP contribution in [0.4, 0.5) is 4.79 Å². The first kappa shape index (κ1) is 32.9. The first-order valence-corrected chi connectivity index (χ1v) is 17.4. The van der Waals surface area contributed by atoms with Crippen LogP contribution in [0.1, 0.15) is 52.1 Å². The van der Waals surface area contributed by atoms with Crippen molar-refractivity contribution in [3.8, 4) is 11.1 Å². The first-order valence-electron chi connectivity index (χ1n) is 15.6. The second-order valence-corrected chi connectivity index (χ2v) is 14.0. The lowest BCUT2D eigenvalue weighted by atomic mass is 9.91. The van der Waals surface area contributed by atoms with Crippen molar-refractivity contribution in [2.24, 2.45) is 5.92 Å². The van der Waals surface area contributed by atoms with Crippen LogP contribution in [-0.4, -0.2) is 33.2 Å². The molecule has 0 bridgehead atoms. The maximum Gasteiger partial charge on any atom is 0.315 e. The van der Waals surface area contributed by atoms with E-state index in [-0.39, 0.29) is 30.8 Å². The molecule has 3 N–H and O–H groups in total. The summed E-state index contributed by atoms with van der Waals surface area (Å²) < 4.78 is 14.2. The minimum atomic E-state index is -0.560. The fraction of sp³-hybridized carbons (Fsp3) is 0.270. The van der Waals surface area contributed by atoms with Gasteiger partial charge in [-0.05, 0) is 40.3 Å². The van der Waals surface area contributed by atoms with Crippen LogP contribution in [0.25, 0.3) is 11.1 Å². The molecule has 0 saturated carbocycles. The summed E-state index contributed by atoms with van der Waals surface area (Å²) in [4.78, 5) is 12.5. The summed E-state index contributed by atoms with van der Waals surface area (Å²) in [5, 5.41) is 24.9. The Morgan fingerprint density at radius 3 is 2.26 bits per heavy atom. The molecule has 47 heavy (non-hydrogen) atoms. The number of aliphatic hydroxyl groups excluding tert-OH is 1. The molecular formula is C37H38N4O4S2. The number of amides is 2. The molecule has 2 heterocycles. The van der Waals surface area contributed by atoms with Crippen molar-refractivity contribution in [1.82, 2.24) is 20.8 Å². The fourth-order valence-electron chi connectivity index (χ4n) is 5.59. The molecule has 5 aromatic rings. The fourth-order valence-corrected chi connectivity index (χ4v) is 7.60. The highest BCUT2D eigenvalue weighted by Gasteiger charge is 2.38. The molecule has 1 fully saturated rings. The number of benzene rings is 4. The van der Waals surface area contributed by atoms with Gasteiger partial charge < -0.3 is 25.2 Å². The second-order valence-electron chi connectivity index (χ2n) is 11.5. The Balaban J connectivity index is 1.16. The maximum absolute atomic E-state index is 12.5. The Kier molecular flexibility index (Phi) is 11.0. The summed E-state index contributed by atoms with van der Waals surface area (Å²) in [6.07, 6.45) is -0.845. The Labute approximate surface area is 283 Å². The van der Waals surface area contributed by atoms with Gasteiger partial charge in [0, 0.05) is 30.3 Å². The van der Waals surface area contributed by atoms with Gasteiger partial charge in [-0.2, -0.15) is 0 Å². The van der Waals surface area contributed by atoms with E-state index < -0.39 is 6.29 Å². The standard InChI is InChI=1S/C37H38N4O4S2/c1-24-33(23-46-37-41-40-25(2)47-37)44-35(45-34(24)29-14-12-27(22-42)13-15-29)30-18-16-28(17-19-30)32-11-7-6-10-31(32)21-39-36(43)38-20-26-8-4-3-5-9-26/h3-19,24,33-35,42H,20-23H2,1-2H3,(H2,38,39,43). The van der Waals surface area contributed by atoms with Gasteiger partial charge in [0.05, 0.1) is 18.8 Å². The Morgan fingerprint density at radius 2 is 1.53 bits per heavy atom. The van der Waals surface area contributed by atoms with Gasteiger partial charge in [0.25, 0.3) is 0 Å². The van der Waals surface area contributed by atoms with E-state index in [0.29, 0.717) is 13.1 Å². The van der Waals surface area contributed by atoms with E-state index in [1.165, 1.54) is 0 Å². The van der Waals surface area contributed by atoms with Crippen LogP contribution in [0.3, 0.4) is 0 Å². The van der Waals surface area contributed by atoms with Crippen molar-refractivity contribution in [3.63, 3.8) is 0 Å². The van der Waals surface area contributed by atoms with Crippen LogP contribution >= 0.6 is 23.1 Å².